The zero-order valence-electron chi connectivity index (χ0n) is 16.2. The van der Waals surface area contributed by atoms with E-state index in [4.69, 9.17) is 20.1 Å². The van der Waals surface area contributed by atoms with Crippen LogP contribution in [0.5, 0.6) is 0 Å². The summed E-state index contributed by atoms with van der Waals surface area (Å²) in [5.74, 6) is -0.179. The van der Waals surface area contributed by atoms with Crippen LogP contribution in [0.3, 0.4) is 0 Å². The smallest absolute Gasteiger partial charge is 0.430 e. The van der Waals surface area contributed by atoms with Crippen molar-refractivity contribution in [2.24, 2.45) is 5.73 Å². The Morgan fingerprint density at radius 3 is 2.59 bits per heavy atom. The maximum Gasteiger partial charge on any atom is 0.436 e. The SMILES string of the molecule is COC12CCC(c3cccc(C(=O)N[C@@H](CCCN)OBO)c3)(CC1)CC2. The Labute approximate surface area is 162 Å². The number of benzene rings is 1. The molecule has 6 nitrogen and oxygen atoms in total. The molecule has 0 saturated heterocycles. The van der Waals surface area contributed by atoms with Gasteiger partial charge in [-0.2, -0.15) is 0 Å². The van der Waals surface area contributed by atoms with E-state index in [1.54, 1.807) is 0 Å². The van der Waals surface area contributed by atoms with E-state index in [1.165, 1.54) is 5.56 Å². The summed E-state index contributed by atoms with van der Waals surface area (Å²) in [5.41, 5.74) is 7.66. The van der Waals surface area contributed by atoms with E-state index < -0.39 is 13.9 Å². The second kappa shape index (κ2) is 8.73. The maximum absolute atomic E-state index is 12.7. The van der Waals surface area contributed by atoms with Crippen molar-refractivity contribution < 1.29 is 19.2 Å². The minimum Gasteiger partial charge on any atom is -0.430 e. The number of carbonyl (C=O) groups excluding carboxylic acids is 1. The topological polar surface area (TPSA) is 93.8 Å². The first kappa shape index (κ1) is 20.3. The van der Waals surface area contributed by atoms with Crippen molar-refractivity contribution in [2.45, 2.75) is 68.6 Å². The molecule has 3 aliphatic carbocycles. The molecule has 3 fully saturated rings. The van der Waals surface area contributed by atoms with Crippen molar-refractivity contribution in [3.05, 3.63) is 35.4 Å². The van der Waals surface area contributed by atoms with Gasteiger partial charge in [0.25, 0.3) is 5.91 Å². The Kier molecular flexibility index (Phi) is 6.58. The number of nitrogens with two attached hydrogens (primary N) is 1. The molecule has 0 radical (unpaired) electrons. The minimum absolute atomic E-state index is 0.0780. The normalized spacial score (nSPS) is 28.0. The maximum atomic E-state index is 12.7. The van der Waals surface area contributed by atoms with Crippen molar-refractivity contribution in [3.8, 4) is 0 Å². The molecule has 0 aliphatic heterocycles. The highest BCUT2D eigenvalue weighted by Crippen LogP contribution is 2.54. The third kappa shape index (κ3) is 4.37. The van der Waals surface area contributed by atoms with Gasteiger partial charge in [0.15, 0.2) is 0 Å². The number of hydrogen-bond donors (Lipinski definition) is 3. The first-order chi connectivity index (χ1) is 13.1. The highest BCUT2D eigenvalue weighted by atomic mass is 16.5. The summed E-state index contributed by atoms with van der Waals surface area (Å²) in [5, 5.41) is 11.9. The molecule has 7 heteroatoms. The van der Waals surface area contributed by atoms with Gasteiger partial charge < -0.3 is 25.5 Å². The Morgan fingerprint density at radius 2 is 2.00 bits per heavy atom. The second-order valence-electron chi connectivity index (χ2n) is 7.94. The average molecular weight is 374 g/mol. The van der Waals surface area contributed by atoms with Gasteiger partial charge in [0.2, 0.25) is 0 Å². The Morgan fingerprint density at radius 1 is 1.30 bits per heavy atom. The van der Waals surface area contributed by atoms with E-state index >= 15 is 0 Å². The van der Waals surface area contributed by atoms with Crippen LogP contribution in [0.1, 0.15) is 67.3 Å². The molecule has 1 amide bonds. The van der Waals surface area contributed by atoms with Gasteiger partial charge in [0.05, 0.1) is 5.60 Å². The molecule has 1 aromatic rings. The van der Waals surface area contributed by atoms with Crippen LogP contribution in [0.2, 0.25) is 0 Å². The predicted molar refractivity (Wildman–Crippen MR) is 106 cm³/mol. The zero-order valence-corrected chi connectivity index (χ0v) is 16.2. The molecule has 0 unspecified atom stereocenters. The molecule has 3 aliphatic rings. The molecule has 148 valence electrons. The molecule has 1 aromatic carbocycles. The lowest BCUT2D eigenvalue weighted by Crippen LogP contribution is -2.49. The fraction of sp³-hybridized carbons (Fsp3) is 0.650. The van der Waals surface area contributed by atoms with Gasteiger partial charge in [0.1, 0.15) is 6.23 Å². The molecule has 0 aromatic heterocycles. The summed E-state index contributed by atoms with van der Waals surface area (Å²) < 4.78 is 11.0. The van der Waals surface area contributed by atoms with Gasteiger partial charge in [-0.05, 0) is 81.0 Å². The fourth-order valence-corrected chi connectivity index (χ4v) is 4.70. The molecule has 0 heterocycles. The van der Waals surface area contributed by atoms with Crippen molar-refractivity contribution in [2.75, 3.05) is 13.7 Å². The van der Waals surface area contributed by atoms with Gasteiger partial charge in [0, 0.05) is 12.7 Å². The highest BCUT2D eigenvalue weighted by molar-refractivity contribution is 6.16. The summed E-state index contributed by atoms with van der Waals surface area (Å²) in [4.78, 5) is 12.7. The second-order valence-corrected chi connectivity index (χ2v) is 7.94. The van der Waals surface area contributed by atoms with E-state index in [-0.39, 0.29) is 16.9 Å². The molecule has 0 spiro atoms. The molecule has 27 heavy (non-hydrogen) atoms. The van der Waals surface area contributed by atoms with Gasteiger partial charge in [-0.25, -0.2) is 0 Å². The third-order valence-corrected chi connectivity index (χ3v) is 6.59. The third-order valence-electron chi connectivity index (χ3n) is 6.59. The van der Waals surface area contributed by atoms with Crippen LogP contribution >= 0.6 is 0 Å². The number of fused-ring (bicyclic) bond motifs is 3. The van der Waals surface area contributed by atoms with Crippen LogP contribution in [0.15, 0.2) is 24.3 Å². The predicted octanol–water partition coefficient (Wildman–Crippen LogP) is 1.75. The standard InChI is InChI=1S/C20H31BN2O4/c1-26-20-10-7-19(8-11-20,9-12-20)16-5-2-4-15(14-16)18(24)23-17(27-21-25)6-3-13-22/h2,4-5,14,17,21,25H,3,6-13,22H2,1H3,(H,23,24)/t17-,19?,20?/m1/s1. The largest absolute Gasteiger partial charge is 0.436 e. The van der Waals surface area contributed by atoms with Crippen LogP contribution in [0.25, 0.3) is 0 Å². The first-order valence-electron chi connectivity index (χ1n) is 9.95. The van der Waals surface area contributed by atoms with Gasteiger partial charge >= 0.3 is 7.69 Å². The lowest BCUT2D eigenvalue weighted by molar-refractivity contribution is -0.0955. The number of carbonyl (C=O) groups is 1. The van der Waals surface area contributed by atoms with E-state index in [9.17, 15) is 4.79 Å². The number of ether oxygens (including phenoxy) is 1. The molecule has 4 rings (SSSR count). The van der Waals surface area contributed by atoms with E-state index in [2.05, 4.69) is 11.4 Å². The van der Waals surface area contributed by atoms with Crippen LogP contribution in [-0.2, 0) is 14.8 Å². The van der Waals surface area contributed by atoms with Crippen LogP contribution in [0.4, 0.5) is 0 Å². The van der Waals surface area contributed by atoms with Crippen molar-refractivity contribution in [3.63, 3.8) is 0 Å². The van der Waals surface area contributed by atoms with E-state index in [0.29, 0.717) is 18.5 Å². The van der Waals surface area contributed by atoms with Crippen LogP contribution < -0.4 is 11.1 Å². The highest BCUT2D eigenvalue weighted by Gasteiger charge is 2.49. The number of methoxy groups -OCH3 is 1. The molecule has 3 saturated carbocycles. The fourth-order valence-electron chi connectivity index (χ4n) is 4.70. The summed E-state index contributed by atoms with van der Waals surface area (Å²) in [6.45, 7) is 0.516. The Hall–Kier alpha value is -1.41. The molecule has 1 atom stereocenters. The molecular weight excluding hydrogens is 343 g/mol. The summed E-state index contributed by atoms with van der Waals surface area (Å²) in [6.07, 6.45) is 7.36. The number of amides is 1. The van der Waals surface area contributed by atoms with E-state index in [0.717, 1.165) is 44.9 Å². The van der Waals surface area contributed by atoms with Crippen LogP contribution in [0, 0.1) is 0 Å². The first-order valence-corrected chi connectivity index (χ1v) is 9.95. The Balaban J connectivity index is 1.71. The van der Waals surface area contributed by atoms with Crippen molar-refractivity contribution in [1.29, 1.82) is 0 Å². The quantitative estimate of drug-likeness (QED) is 0.452. The Bertz CT molecular complexity index is 630. The summed E-state index contributed by atoms with van der Waals surface area (Å²) in [6, 6.07) is 7.98. The van der Waals surface area contributed by atoms with Crippen LogP contribution in [-0.4, -0.2) is 44.1 Å². The van der Waals surface area contributed by atoms with Crippen molar-refractivity contribution >= 4 is 13.6 Å². The monoisotopic (exact) mass is 374 g/mol. The number of hydrogen-bond acceptors (Lipinski definition) is 5. The summed E-state index contributed by atoms with van der Waals surface area (Å²) >= 11 is 0. The molecule has 4 N–H and O–H groups in total. The zero-order chi connectivity index (χ0) is 19.3. The van der Waals surface area contributed by atoms with E-state index in [1.807, 2.05) is 25.3 Å². The van der Waals surface area contributed by atoms with Gasteiger partial charge in [-0.3, -0.25) is 4.79 Å². The average Bonchev–Trinajstić information content (AvgIpc) is 2.73. The van der Waals surface area contributed by atoms with Gasteiger partial charge in [-0.15, -0.1) is 0 Å². The number of rotatable bonds is 9. The molecule has 2 bridgehead atoms. The van der Waals surface area contributed by atoms with Crippen molar-refractivity contribution in [1.82, 2.24) is 5.32 Å². The summed E-state index contributed by atoms with van der Waals surface area (Å²) in [7, 11) is 1.40. The molecular formula is C20H31BN2O4. The number of nitrogens with one attached hydrogen (secondary N) is 1. The van der Waals surface area contributed by atoms with Gasteiger partial charge in [-0.1, -0.05) is 12.1 Å². The lowest BCUT2D eigenvalue weighted by Gasteiger charge is -2.53. The lowest BCUT2D eigenvalue weighted by atomic mass is 9.56. The minimum atomic E-state index is -0.528.